The second kappa shape index (κ2) is 9.62. The molecule has 1 saturated heterocycles. The smallest absolute Gasteiger partial charge is 0.246 e. The Bertz CT molecular complexity index is 911. The van der Waals surface area contributed by atoms with Crippen molar-refractivity contribution < 1.29 is 18.4 Å². The third kappa shape index (κ3) is 6.10. The van der Waals surface area contributed by atoms with Crippen molar-refractivity contribution in [2.45, 2.75) is 0 Å². The van der Waals surface area contributed by atoms with E-state index in [2.05, 4.69) is 5.32 Å². The molecule has 1 aliphatic rings. The molecule has 2 amide bonds. The highest BCUT2D eigenvalue weighted by Gasteiger charge is 2.21. The summed E-state index contributed by atoms with van der Waals surface area (Å²) >= 11 is 5.73. The van der Waals surface area contributed by atoms with Crippen molar-refractivity contribution in [3.63, 3.8) is 0 Å². The van der Waals surface area contributed by atoms with Crippen LogP contribution in [0.2, 0.25) is 5.02 Å². The molecule has 0 saturated carbocycles. The average molecular weight is 420 g/mol. The zero-order valence-corrected chi connectivity index (χ0v) is 16.3. The van der Waals surface area contributed by atoms with Gasteiger partial charge in [-0.2, -0.15) is 0 Å². The first-order valence-electron chi connectivity index (χ1n) is 9.10. The third-order valence-corrected chi connectivity index (χ3v) is 4.83. The van der Waals surface area contributed by atoms with Crippen LogP contribution < -0.4 is 5.32 Å². The van der Waals surface area contributed by atoms with E-state index >= 15 is 0 Å². The highest BCUT2D eigenvalue weighted by Crippen LogP contribution is 2.17. The van der Waals surface area contributed by atoms with Crippen LogP contribution in [-0.4, -0.2) is 54.3 Å². The fourth-order valence-electron chi connectivity index (χ4n) is 2.95. The summed E-state index contributed by atoms with van der Waals surface area (Å²) < 4.78 is 26.1. The van der Waals surface area contributed by atoms with Gasteiger partial charge in [-0.1, -0.05) is 17.7 Å². The predicted octanol–water partition coefficient (Wildman–Crippen LogP) is 3.41. The van der Waals surface area contributed by atoms with Crippen LogP contribution in [0, 0.1) is 11.6 Å². The minimum Gasteiger partial charge on any atom is -0.337 e. The maximum Gasteiger partial charge on any atom is 0.246 e. The van der Waals surface area contributed by atoms with Gasteiger partial charge in [0.05, 0.1) is 11.6 Å². The first-order valence-corrected chi connectivity index (χ1v) is 9.48. The van der Waals surface area contributed by atoms with Crippen molar-refractivity contribution in [3.05, 3.63) is 70.8 Å². The topological polar surface area (TPSA) is 52.7 Å². The first-order chi connectivity index (χ1) is 13.9. The Balaban J connectivity index is 1.45. The Morgan fingerprint density at radius 1 is 1.03 bits per heavy atom. The molecule has 1 N–H and O–H groups in total. The molecule has 29 heavy (non-hydrogen) atoms. The van der Waals surface area contributed by atoms with E-state index in [4.69, 9.17) is 11.6 Å². The molecule has 0 radical (unpaired) electrons. The van der Waals surface area contributed by atoms with E-state index < -0.39 is 5.82 Å². The summed E-state index contributed by atoms with van der Waals surface area (Å²) in [6, 6.07) is 9.83. The predicted molar refractivity (Wildman–Crippen MR) is 108 cm³/mol. The maximum atomic E-state index is 13.2. The molecule has 3 rings (SSSR count). The molecule has 0 aliphatic carbocycles. The summed E-state index contributed by atoms with van der Waals surface area (Å²) in [4.78, 5) is 28.1. The molecule has 0 unspecified atom stereocenters. The van der Waals surface area contributed by atoms with Gasteiger partial charge in [0.2, 0.25) is 11.8 Å². The van der Waals surface area contributed by atoms with Gasteiger partial charge in [-0.25, -0.2) is 8.78 Å². The SMILES string of the molecule is O=C(CN1CCN(C(=O)C=Cc2ccc(F)c(Cl)c2)CC1)Nc1ccc(F)cc1. The van der Waals surface area contributed by atoms with Gasteiger partial charge in [0.15, 0.2) is 0 Å². The summed E-state index contributed by atoms with van der Waals surface area (Å²) in [5.74, 6) is -1.21. The number of amides is 2. The minimum atomic E-state index is -0.505. The summed E-state index contributed by atoms with van der Waals surface area (Å²) in [5.41, 5.74) is 1.18. The first kappa shape index (κ1) is 21.0. The molecule has 1 heterocycles. The number of nitrogens with one attached hydrogen (secondary N) is 1. The zero-order valence-electron chi connectivity index (χ0n) is 15.6. The van der Waals surface area contributed by atoms with Crippen LogP contribution in [0.4, 0.5) is 14.5 Å². The van der Waals surface area contributed by atoms with Crippen LogP contribution in [-0.2, 0) is 9.59 Å². The monoisotopic (exact) mass is 419 g/mol. The van der Waals surface area contributed by atoms with Crippen LogP contribution in [0.25, 0.3) is 6.08 Å². The van der Waals surface area contributed by atoms with Gasteiger partial charge in [0.1, 0.15) is 11.6 Å². The lowest BCUT2D eigenvalue weighted by atomic mass is 10.2. The lowest BCUT2D eigenvalue weighted by Gasteiger charge is -2.33. The summed E-state index contributed by atoms with van der Waals surface area (Å²) in [5, 5.41) is 2.73. The van der Waals surface area contributed by atoms with E-state index in [1.54, 1.807) is 17.0 Å². The average Bonchev–Trinajstić information content (AvgIpc) is 2.71. The Kier molecular flexibility index (Phi) is 6.95. The van der Waals surface area contributed by atoms with Crippen molar-refractivity contribution >= 4 is 35.2 Å². The Morgan fingerprint density at radius 3 is 2.38 bits per heavy atom. The number of benzene rings is 2. The van der Waals surface area contributed by atoms with E-state index in [0.717, 1.165) is 0 Å². The molecule has 0 aromatic heterocycles. The lowest BCUT2D eigenvalue weighted by Crippen LogP contribution is -2.50. The number of piperazine rings is 1. The van der Waals surface area contributed by atoms with Gasteiger partial charge in [-0.05, 0) is 48.0 Å². The van der Waals surface area contributed by atoms with Crippen LogP contribution in [0.3, 0.4) is 0 Å². The lowest BCUT2D eigenvalue weighted by molar-refractivity contribution is -0.127. The zero-order chi connectivity index (χ0) is 20.8. The van der Waals surface area contributed by atoms with E-state index in [1.165, 1.54) is 42.5 Å². The van der Waals surface area contributed by atoms with Crippen LogP contribution >= 0.6 is 11.6 Å². The molecule has 152 valence electrons. The highest BCUT2D eigenvalue weighted by atomic mass is 35.5. The highest BCUT2D eigenvalue weighted by molar-refractivity contribution is 6.30. The number of hydrogen-bond acceptors (Lipinski definition) is 3. The van der Waals surface area contributed by atoms with Crippen LogP contribution in [0.5, 0.6) is 0 Å². The van der Waals surface area contributed by atoms with Crippen molar-refractivity contribution in [1.29, 1.82) is 0 Å². The van der Waals surface area contributed by atoms with E-state index in [9.17, 15) is 18.4 Å². The molecule has 1 aliphatic heterocycles. The number of nitrogens with zero attached hydrogens (tertiary/aromatic N) is 2. The van der Waals surface area contributed by atoms with Crippen LogP contribution in [0.15, 0.2) is 48.5 Å². The summed E-state index contributed by atoms with van der Waals surface area (Å²) in [6.45, 7) is 2.33. The molecular weight excluding hydrogens is 400 g/mol. The Hall–Kier alpha value is -2.77. The van der Waals surface area contributed by atoms with E-state index in [-0.39, 0.29) is 29.2 Å². The molecule has 5 nitrogen and oxygen atoms in total. The Morgan fingerprint density at radius 2 is 1.72 bits per heavy atom. The number of hydrogen-bond donors (Lipinski definition) is 1. The molecule has 0 atom stereocenters. The number of anilines is 1. The molecule has 0 spiro atoms. The quantitative estimate of drug-likeness (QED) is 0.756. The summed E-state index contributed by atoms with van der Waals surface area (Å²) in [6.07, 6.45) is 3.02. The summed E-state index contributed by atoms with van der Waals surface area (Å²) in [7, 11) is 0. The maximum absolute atomic E-state index is 13.2. The van der Waals surface area contributed by atoms with Crippen molar-refractivity contribution in [2.24, 2.45) is 0 Å². The molecule has 1 fully saturated rings. The number of halogens is 3. The second-order valence-corrected chi connectivity index (χ2v) is 7.07. The van der Waals surface area contributed by atoms with E-state index in [1.807, 2.05) is 4.90 Å². The number of rotatable bonds is 5. The van der Waals surface area contributed by atoms with Crippen molar-refractivity contribution in [1.82, 2.24) is 9.80 Å². The fourth-order valence-corrected chi connectivity index (χ4v) is 3.14. The van der Waals surface area contributed by atoms with Gasteiger partial charge in [-0.3, -0.25) is 14.5 Å². The molecule has 8 heteroatoms. The van der Waals surface area contributed by atoms with Gasteiger partial charge in [0.25, 0.3) is 0 Å². The van der Waals surface area contributed by atoms with E-state index in [0.29, 0.717) is 37.4 Å². The van der Waals surface area contributed by atoms with Crippen molar-refractivity contribution in [2.75, 3.05) is 38.0 Å². The molecule has 2 aromatic carbocycles. The normalized spacial score (nSPS) is 14.9. The third-order valence-electron chi connectivity index (χ3n) is 4.54. The molecule has 0 bridgehead atoms. The van der Waals surface area contributed by atoms with Gasteiger partial charge >= 0.3 is 0 Å². The second-order valence-electron chi connectivity index (χ2n) is 6.66. The largest absolute Gasteiger partial charge is 0.337 e. The molecule has 2 aromatic rings. The Labute approximate surface area is 172 Å². The standard InChI is InChI=1S/C21H20ClF2N3O2/c22-18-13-15(1-7-19(18)24)2-8-21(29)27-11-9-26(10-12-27)14-20(28)25-17-5-3-16(23)4-6-17/h1-8,13H,9-12,14H2,(H,25,28). The molecular formula is C21H20ClF2N3O2. The van der Waals surface area contributed by atoms with Gasteiger partial charge in [-0.15, -0.1) is 0 Å². The van der Waals surface area contributed by atoms with Crippen LogP contribution in [0.1, 0.15) is 5.56 Å². The minimum absolute atomic E-state index is 0.00660. The van der Waals surface area contributed by atoms with Gasteiger partial charge in [0, 0.05) is 37.9 Å². The van der Waals surface area contributed by atoms with Crippen molar-refractivity contribution in [3.8, 4) is 0 Å². The number of carbonyl (C=O) groups is 2. The fraction of sp³-hybridized carbons (Fsp3) is 0.238. The number of carbonyl (C=O) groups excluding carboxylic acids is 2. The van der Waals surface area contributed by atoms with Gasteiger partial charge < -0.3 is 10.2 Å².